The standard InChI is InChI=1S/C17H20BrClN4OS/c1-23-16(11-5-3-2-4-6-11)21-22-17(23)25-10-15(24)20-14-8-7-12(18)9-13(14)19/h7-9,11H,2-6,10H2,1H3,(H,20,24). The first kappa shape index (κ1) is 18.7. The van der Waals surface area contributed by atoms with Crippen LogP contribution in [-0.2, 0) is 11.8 Å². The Balaban J connectivity index is 1.58. The lowest BCUT2D eigenvalue weighted by Gasteiger charge is -2.20. The zero-order chi connectivity index (χ0) is 17.8. The van der Waals surface area contributed by atoms with Gasteiger partial charge in [-0.25, -0.2) is 0 Å². The van der Waals surface area contributed by atoms with Crippen LogP contribution in [0.3, 0.4) is 0 Å². The Kier molecular flexibility index (Phi) is 6.41. The van der Waals surface area contributed by atoms with Gasteiger partial charge in [0, 0.05) is 17.4 Å². The zero-order valence-corrected chi connectivity index (χ0v) is 17.1. The third kappa shape index (κ3) is 4.77. The summed E-state index contributed by atoms with van der Waals surface area (Å²) in [7, 11) is 1.98. The maximum Gasteiger partial charge on any atom is 0.234 e. The number of amides is 1. The first-order valence-electron chi connectivity index (χ1n) is 8.31. The molecule has 3 rings (SSSR count). The predicted octanol–water partition coefficient (Wildman–Crippen LogP) is 5.01. The fraction of sp³-hybridized carbons (Fsp3) is 0.471. The minimum atomic E-state index is -0.114. The van der Waals surface area contributed by atoms with Crippen LogP contribution in [0, 0.1) is 0 Å². The summed E-state index contributed by atoms with van der Waals surface area (Å²) in [6, 6.07) is 5.37. The number of benzene rings is 1. The number of anilines is 1. The van der Waals surface area contributed by atoms with E-state index < -0.39 is 0 Å². The number of aromatic nitrogens is 3. The van der Waals surface area contributed by atoms with Crippen LogP contribution in [-0.4, -0.2) is 26.4 Å². The fourth-order valence-corrected chi connectivity index (χ4v) is 4.51. The van der Waals surface area contributed by atoms with E-state index in [1.54, 1.807) is 12.1 Å². The summed E-state index contributed by atoms with van der Waals surface area (Å²) in [5.41, 5.74) is 0.608. The zero-order valence-electron chi connectivity index (χ0n) is 14.0. The minimum absolute atomic E-state index is 0.114. The molecule has 0 saturated heterocycles. The molecule has 25 heavy (non-hydrogen) atoms. The van der Waals surface area contributed by atoms with Crippen LogP contribution in [0.25, 0.3) is 0 Å². The van der Waals surface area contributed by atoms with Gasteiger partial charge in [0.25, 0.3) is 0 Å². The molecule has 1 aliphatic rings. The molecule has 2 aromatic rings. The van der Waals surface area contributed by atoms with Gasteiger partial charge in [0.05, 0.1) is 16.5 Å². The molecule has 1 heterocycles. The molecule has 0 spiro atoms. The van der Waals surface area contributed by atoms with Gasteiger partial charge in [0.2, 0.25) is 5.91 Å². The van der Waals surface area contributed by atoms with Crippen LogP contribution < -0.4 is 5.32 Å². The highest BCUT2D eigenvalue weighted by atomic mass is 79.9. The summed E-state index contributed by atoms with van der Waals surface area (Å²) in [6.07, 6.45) is 6.19. The number of nitrogens with zero attached hydrogens (tertiary/aromatic N) is 3. The third-order valence-electron chi connectivity index (χ3n) is 4.38. The van der Waals surface area contributed by atoms with Gasteiger partial charge in [0.1, 0.15) is 5.82 Å². The van der Waals surface area contributed by atoms with E-state index in [4.69, 9.17) is 11.6 Å². The average molecular weight is 444 g/mol. The smallest absolute Gasteiger partial charge is 0.234 e. The van der Waals surface area contributed by atoms with E-state index in [2.05, 4.69) is 31.4 Å². The summed E-state index contributed by atoms with van der Waals surface area (Å²) < 4.78 is 2.90. The third-order valence-corrected chi connectivity index (χ3v) is 6.20. The van der Waals surface area contributed by atoms with Crippen LogP contribution in [0.15, 0.2) is 27.8 Å². The van der Waals surface area contributed by atoms with E-state index >= 15 is 0 Å². The number of carbonyl (C=O) groups is 1. The molecule has 1 amide bonds. The molecule has 1 aromatic carbocycles. The van der Waals surface area contributed by atoms with Crippen molar-refractivity contribution in [2.45, 2.75) is 43.2 Å². The highest BCUT2D eigenvalue weighted by Gasteiger charge is 2.22. The van der Waals surface area contributed by atoms with Gasteiger partial charge in [-0.15, -0.1) is 10.2 Å². The Labute approximate surface area is 165 Å². The second-order valence-corrected chi connectivity index (χ2v) is 8.46. The average Bonchev–Trinajstić information content (AvgIpc) is 2.97. The van der Waals surface area contributed by atoms with Crippen molar-refractivity contribution in [3.63, 3.8) is 0 Å². The van der Waals surface area contributed by atoms with Crippen molar-refractivity contribution in [2.75, 3.05) is 11.1 Å². The molecule has 0 aliphatic heterocycles. The predicted molar refractivity (Wildman–Crippen MR) is 105 cm³/mol. The van der Waals surface area contributed by atoms with E-state index in [0.29, 0.717) is 16.6 Å². The number of halogens is 2. The molecule has 1 aromatic heterocycles. The first-order valence-corrected chi connectivity index (χ1v) is 10.5. The molecular formula is C17H20BrClN4OS. The van der Waals surface area contributed by atoms with E-state index in [9.17, 15) is 4.79 Å². The molecule has 1 N–H and O–H groups in total. The molecule has 8 heteroatoms. The summed E-state index contributed by atoms with van der Waals surface area (Å²) in [4.78, 5) is 12.2. The van der Waals surface area contributed by atoms with Crippen LogP contribution in [0.4, 0.5) is 5.69 Å². The van der Waals surface area contributed by atoms with Crippen molar-refractivity contribution in [3.05, 3.63) is 33.5 Å². The Morgan fingerprint density at radius 2 is 2.12 bits per heavy atom. The number of hydrogen-bond donors (Lipinski definition) is 1. The highest BCUT2D eigenvalue weighted by molar-refractivity contribution is 9.10. The Morgan fingerprint density at radius 1 is 1.36 bits per heavy atom. The molecular weight excluding hydrogens is 424 g/mol. The minimum Gasteiger partial charge on any atom is -0.324 e. The molecule has 1 saturated carbocycles. The van der Waals surface area contributed by atoms with E-state index in [1.165, 1.54) is 43.9 Å². The second-order valence-electron chi connectivity index (χ2n) is 6.20. The molecule has 5 nitrogen and oxygen atoms in total. The quantitative estimate of drug-likeness (QED) is 0.660. The van der Waals surface area contributed by atoms with Crippen molar-refractivity contribution in [2.24, 2.45) is 7.05 Å². The monoisotopic (exact) mass is 442 g/mol. The molecule has 0 atom stereocenters. The number of rotatable bonds is 5. The Hall–Kier alpha value is -1.05. The van der Waals surface area contributed by atoms with Crippen molar-refractivity contribution >= 4 is 50.9 Å². The van der Waals surface area contributed by atoms with Crippen molar-refractivity contribution < 1.29 is 4.79 Å². The molecule has 0 bridgehead atoms. The summed E-state index contributed by atoms with van der Waals surface area (Å²) >= 11 is 10.9. The number of nitrogens with one attached hydrogen (secondary N) is 1. The normalized spacial score (nSPS) is 15.3. The van der Waals surface area contributed by atoms with Gasteiger partial charge >= 0.3 is 0 Å². The number of thioether (sulfide) groups is 1. The fourth-order valence-electron chi connectivity index (χ4n) is 3.08. The number of carbonyl (C=O) groups excluding carboxylic acids is 1. The summed E-state index contributed by atoms with van der Waals surface area (Å²) in [6.45, 7) is 0. The van der Waals surface area contributed by atoms with Crippen molar-refractivity contribution in [1.82, 2.24) is 14.8 Å². The molecule has 134 valence electrons. The SMILES string of the molecule is Cn1c(SCC(=O)Nc2ccc(Br)cc2Cl)nnc1C1CCCCC1. The maximum atomic E-state index is 12.2. The maximum absolute atomic E-state index is 12.2. The van der Waals surface area contributed by atoms with E-state index in [0.717, 1.165) is 15.5 Å². The Bertz CT molecular complexity index is 761. The van der Waals surface area contributed by atoms with E-state index in [1.807, 2.05) is 17.7 Å². The van der Waals surface area contributed by atoms with Crippen molar-refractivity contribution in [3.8, 4) is 0 Å². The Morgan fingerprint density at radius 3 is 2.84 bits per heavy atom. The first-order chi connectivity index (χ1) is 12.0. The van der Waals surface area contributed by atoms with Crippen LogP contribution in [0.5, 0.6) is 0 Å². The lowest BCUT2D eigenvalue weighted by atomic mass is 9.89. The van der Waals surface area contributed by atoms with Crippen molar-refractivity contribution in [1.29, 1.82) is 0 Å². The van der Waals surface area contributed by atoms with Gasteiger partial charge < -0.3 is 9.88 Å². The molecule has 0 radical (unpaired) electrons. The van der Waals surface area contributed by atoms with Crippen LogP contribution in [0.2, 0.25) is 5.02 Å². The van der Waals surface area contributed by atoms with Crippen LogP contribution in [0.1, 0.15) is 43.8 Å². The van der Waals surface area contributed by atoms with Gasteiger partial charge in [0.15, 0.2) is 5.16 Å². The largest absolute Gasteiger partial charge is 0.324 e. The summed E-state index contributed by atoms with van der Waals surface area (Å²) in [5, 5.41) is 12.7. The lowest BCUT2D eigenvalue weighted by Crippen LogP contribution is -2.15. The van der Waals surface area contributed by atoms with Crippen LogP contribution >= 0.6 is 39.3 Å². The topological polar surface area (TPSA) is 59.8 Å². The van der Waals surface area contributed by atoms with Gasteiger partial charge in [-0.05, 0) is 31.0 Å². The summed E-state index contributed by atoms with van der Waals surface area (Å²) in [5.74, 6) is 1.69. The van der Waals surface area contributed by atoms with Gasteiger partial charge in [-0.1, -0.05) is 58.6 Å². The number of hydrogen-bond acceptors (Lipinski definition) is 4. The van der Waals surface area contributed by atoms with E-state index in [-0.39, 0.29) is 11.7 Å². The molecule has 1 fully saturated rings. The van der Waals surface area contributed by atoms with Gasteiger partial charge in [-0.2, -0.15) is 0 Å². The van der Waals surface area contributed by atoms with Gasteiger partial charge in [-0.3, -0.25) is 4.79 Å². The molecule has 1 aliphatic carbocycles. The second kappa shape index (κ2) is 8.56. The highest BCUT2D eigenvalue weighted by Crippen LogP contribution is 2.32. The molecule has 0 unspecified atom stereocenters. The lowest BCUT2D eigenvalue weighted by molar-refractivity contribution is -0.113.